The minimum atomic E-state index is 0.396. The quantitative estimate of drug-likeness (QED) is 0.750. The Kier molecular flexibility index (Phi) is 2.44. The molecule has 0 aliphatic heterocycles. The van der Waals surface area contributed by atoms with E-state index in [1.165, 1.54) is 23.8 Å². The summed E-state index contributed by atoms with van der Waals surface area (Å²) in [5.74, 6) is 0.440. The van der Waals surface area contributed by atoms with Crippen molar-refractivity contribution in [1.82, 2.24) is 15.0 Å². The molecule has 13 heavy (non-hydrogen) atoms. The van der Waals surface area contributed by atoms with Crippen LogP contribution in [-0.4, -0.2) is 21.1 Å². The highest BCUT2D eigenvalue weighted by Gasteiger charge is 2.15. The number of nitrogen functional groups attached to an aromatic ring is 1. The van der Waals surface area contributed by atoms with Gasteiger partial charge in [-0.15, -0.1) is 5.10 Å². The number of aromatic nitrogens is 3. The number of hydrogen-bond acceptors (Lipinski definition) is 4. The lowest BCUT2D eigenvalue weighted by Crippen LogP contribution is -2.13. The molecule has 0 amide bonds. The van der Waals surface area contributed by atoms with Gasteiger partial charge in [-0.25, -0.2) is 0 Å². The fraction of sp³-hybridized carbons (Fsp3) is 0.750. The summed E-state index contributed by atoms with van der Waals surface area (Å²) in [6.07, 6.45) is 6.80. The summed E-state index contributed by atoms with van der Waals surface area (Å²) in [6.45, 7) is 0.419. The summed E-state index contributed by atoms with van der Waals surface area (Å²) in [5.41, 5.74) is 5.41. The van der Waals surface area contributed by atoms with Crippen molar-refractivity contribution in [3.05, 3.63) is 6.20 Å². The molecule has 0 radical (unpaired) electrons. The molecule has 1 aliphatic rings. The third-order valence-electron chi connectivity index (χ3n) is 2.28. The first-order valence-corrected chi connectivity index (χ1v) is 4.62. The van der Waals surface area contributed by atoms with Gasteiger partial charge in [0, 0.05) is 0 Å². The molecule has 0 bridgehead atoms. The van der Waals surface area contributed by atoms with Crippen molar-refractivity contribution >= 4 is 5.82 Å². The van der Waals surface area contributed by atoms with Crippen LogP contribution in [0.5, 0.6) is 0 Å². The molecule has 2 N–H and O–H groups in total. The molecule has 0 atom stereocenters. The normalized spacial score (nSPS) is 18.2. The first-order chi connectivity index (χ1) is 6.34. The largest absolute Gasteiger partial charge is 0.381 e. The lowest BCUT2D eigenvalue weighted by molar-refractivity contribution is -0.00139. The fourth-order valence-electron chi connectivity index (χ4n) is 1.60. The van der Waals surface area contributed by atoms with Gasteiger partial charge in [0.25, 0.3) is 0 Å². The molecule has 0 saturated heterocycles. The SMILES string of the molecule is Nc1cnn(COC2CCCC2)n1. The van der Waals surface area contributed by atoms with Crippen LogP contribution in [0.2, 0.25) is 0 Å². The zero-order valence-corrected chi connectivity index (χ0v) is 7.52. The Morgan fingerprint density at radius 1 is 1.54 bits per heavy atom. The van der Waals surface area contributed by atoms with E-state index in [-0.39, 0.29) is 0 Å². The van der Waals surface area contributed by atoms with Gasteiger partial charge in [-0.1, -0.05) is 12.8 Å². The third-order valence-corrected chi connectivity index (χ3v) is 2.28. The van der Waals surface area contributed by atoms with Crippen LogP contribution in [0.25, 0.3) is 0 Å². The van der Waals surface area contributed by atoms with E-state index in [0.717, 1.165) is 12.8 Å². The molecule has 72 valence electrons. The zero-order valence-electron chi connectivity index (χ0n) is 7.52. The molecule has 0 unspecified atom stereocenters. The highest BCUT2D eigenvalue weighted by molar-refractivity contribution is 5.19. The maximum atomic E-state index is 5.58. The zero-order chi connectivity index (χ0) is 9.10. The maximum absolute atomic E-state index is 5.58. The van der Waals surface area contributed by atoms with E-state index in [2.05, 4.69) is 10.2 Å². The number of nitrogens with two attached hydrogens (primary N) is 1. The lowest BCUT2D eigenvalue weighted by atomic mass is 10.3. The Bertz CT molecular complexity index is 267. The van der Waals surface area contributed by atoms with Gasteiger partial charge in [0.15, 0.2) is 12.5 Å². The molecule has 1 aromatic rings. The van der Waals surface area contributed by atoms with Crippen LogP contribution in [0.1, 0.15) is 25.7 Å². The van der Waals surface area contributed by atoms with E-state index in [9.17, 15) is 0 Å². The van der Waals surface area contributed by atoms with E-state index in [4.69, 9.17) is 10.5 Å². The number of nitrogens with zero attached hydrogens (tertiary/aromatic N) is 3. The Morgan fingerprint density at radius 3 is 2.92 bits per heavy atom. The molecular formula is C8H14N4O. The van der Waals surface area contributed by atoms with Gasteiger partial charge < -0.3 is 10.5 Å². The highest BCUT2D eigenvalue weighted by Crippen LogP contribution is 2.20. The average Bonchev–Trinajstić information content (AvgIpc) is 2.71. The van der Waals surface area contributed by atoms with Gasteiger partial charge in [0.1, 0.15) is 0 Å². The van der Waals surface area contributed by atoms with Gasteiger partial charge in [0.05, 0.1) is 12.3 Å². The summed E-state index contributed by atoms with van der Waals surface area (Å²) in [7, 11) is 0. The van der Waals surface area contributed by atoms with Gasteiger partial charge in [-0.2, -0.15) is 9.90 Å². The molecule has 1 saturated carbocycles. The van der Waals surface area contributed by atoms with E-state index in [0.29, 0.717) is 18.7 Å². The van der Waals surface area contributed by atoms with Crippen molar-refractivity contribution in [2.75, 3.05) is 5.73 Å². The van der Waals surface area contributed by atoms with Crippen LogP contribution >= 0.6 is 0 Å². The average molecular weight is 182 g/mol. The monoisotopic (exact) mass is 182 g/mol. The van der Waals surface area contributed by atoms with Crippen molar-refractivity contribution in [2.45, 2.75) is 38.5 Å². The van der Waals surface area contributed by atoms with Crippen molar-refractivity contribution in [1.29, 1.82) is 0 Å². The Hall–Kier alpha value is -1.10. The number of rotatable bonds is 3. The van der Waals surface area contributed by atoms with Crippen molar-refractivity contribution in [3.63, 3.8) is 0 Å². The Balaban J connectivity index is 1.78. The van der Waals surface area contributed by atoms with Crippen molar-refractivity contribution in [3.8, 4) is 0 Å². The predicted octanol–water partition coefficient (Wildman–Crippen LogP) is 0.777. The Morgan fingerprint density at radius 2 is 2.31 bits per heavy atom. The highest BCUT2D eigenvalue weighted by atomic mass is 16.5. The van der Waals surface area contributed by atoms with Crippen LogP contribution in [-0.2, 0) is 11.5 Å². The number of anilines is 1. The van der Waals surface area contributed by atoms with E-state index < -0.39 is 0 Å². The molecule has 5 heteroatoms. The number of ether oxygens (including phenoxy) is 1. The first kappa shape index (κ1) is 8.50. The van der Waals surface area contributed by atoms with Crippen LogP contribution in [0.4, 0.5) is 5.82 Å². The van der Waals surface area contributed by atoms with Gasteiger partial charge >= 0.3 is 0 Å². The molecule has 0 spiro atoms. The minimum Gasteiger partial charge on any atom is -0.381 e. The summed E-state index contributed by atoms with van der Waals surface area (Å²) < 4.78 is 5.58. The standard InChI is InChI=1S/C8H14N4O/c9-8-5-10-12(11-8)6-13-7-3-1-2-4-7/h5,7H,1-4,6H2,(H2,9,11). The summed E-state index contributed by atoms with van der Waals surface area (Å²) in [6, 6.07) is 0. The van der Waals surface area contributed by atoms with E-state index in [1.807, 2.05) is 0 Å². The summed E-state index contributed by atoms with van der Waals surface area (Å²) >= 11 is 0. The molecule has 1 fully saturated rings. The van der Waals surface area contributed by atoms with Crippen LogP contribution in [0.15, 0.2) is 6.20 Å². The first-order valence-electron chi connectivity index (χ1n) is 4.62. The van der Waals surface area contributed by atoms with Crippen LogP contribution < -0.4 is 5.73 Å². The van der Waals surface area contributed by atoms with E-state index in [1.54, 1.807) is 0 Å². The topological polar surface area (TPSA) is 66.0 Å². The second kappa shape index (κ2) is 3.74. The van der Waals surface area contributed by atoms with Crippen LogP contribution in [0.3, 0.4) is 0 Å². The van der Waals surface area contributed by atoms with Crippen molar-refractivity contribution < 1.29 is 4.74 Å². The van der Waals surface area contributed by atoms with Gasteiger partial charge in [-0.05, 0) is 12.8 Å². The molecule has 1 aliphatic carbocycles. The third kappa shape index (κ3) is 2.18. The molecule has 1 heterocycles. The molecule has 1 aromatic heterocycles. The molecule has 0 aromatic carbocycles. The maximum Gasteiger partial charge on any atom is 0.166 e. The second-order valence-corrected chi connectivity index (χ2v) is 3.34. The molecule has 5 nitrogen and oxygen atoms in total. The smallest absolute Gasteiger partial charge is 0.166 e. The summed E-state index contributed by atoms with van der Waals surface area (Å²) in [4.78, 5) is 1.48. The van der Waals surface area contributed by atoms with Gasteiger partial charge in [0.2, 0.25) is 0 Å². The fourth-order valence-corrected chi connectivity index (χ4v) is 1.60. The number of hydrogen-bond donors (Lipinski definition) is 1. The second-order valence-electron chi connectivity index (χ2n) is 3.34. The predicted molar refractivity (Wildman–Crippen MR) is 47.8 cm³/mol. The van der Waals surface area contributed by atoms with Crippen LogP contribution in [0, 0.1) is 0 Å². The van der Waals surface area contributed by atoms with Crippen molar-refractivity contribution in [2.24, 2.45) is 0 Å². The van der Waals surface area contributed by atoms with Gasteiger partial charge in [-0.3, -0.25) is 0 Å². The minimum absolute atomic E-state index is 0.396. The molecular weight excluding hydrogens is 168 g/mol. The van der Waals surface area contributed by atoms with E-state index >= 15 is 0 Å². The summed E-state index contributed by atoms with van der Waals surface area (Å²) in [5, 5.41) is 7.86. The molecule has 2 rings (SSSR count). The lowest BCUT2D eigenvalue weighted by Gasteiger charge is -2.09. The Labute approximate surface area is 76.9 Å².